The highest BCUT2D eigenvalue weighted by molar-refractivity contribution is 7.89. The number of sulfonamides is 1. The molecule has 3 rings (SSSR count). The molecule has 1 saturated heterocycles. The molecule has 8 heteroatoms. The first kappa shape index (κ1) is 19.7. The summed E-state index contributed by atoms with van der Waals surface area (Å²) in [6, 6.07) is 8.14. The van der Waals surface area contributed by atoms with E-state index in [2.05, 4.69) is 10.5 Å². The molecule has 27 heavy (non-hydrogen) atoms. The molecule has 2 heterocycles. The second kappa shape index (κ2) is 7.92. The van der Waals surface area contributed by atoms with Crippen LogP contribution in [0.15, 0.2) is 40.3 Å². The number of carbonyl (C=O) groups is 1. The summed E-state index contributed by atoms with van der Waals surface area (Å²) in [4.78, 5) is 14.9. The lowest BCUT2D eigenvalue weighted by molar-refractivity contribution is 0.0954. The number of rotatable bonds is 5. The van der Waals surface area contributed by atoms with Gasteiger partial charge in [0.05, 0.1) is 10.6 Å². The second-order valence-corrected chi connectivity index (χ2v) is 10.0. The van der Waals surface area contributed by atoms with Crippen LogP contribution in [0.5, 0.6) is 0 Å². The van der Waals surface area contributed by atoms with Gasteiger partial charge < -0.3 is 0 Å². The molecule has 6 nitrogen and oxygen atoms in total. The largest absolute Gasteiger partial charge is 0.271 e. The quantitative estimate of drug-likeness (QED) is 0.612. The van der Waals surface area contributed by atoms with Gasteiger partial charge in [0.2, 0.25) is 10.0 Å². The highest BCUT2D eigenvalue weighted by Gasteiger charge is 2.27. The summed E-state index contributed by atoms with van der Waals surface area (Å²) in [6.45, 7) is 6.94. The van der Waals surface area contributed by atoms with Crippen LogP contribution < -0.4 is 5.43 Å². The Kier molecular flexibility index (Phi) is 5.78. The molecule has 1 aromatic carbocycles. The van der Waals surface area contributed by atoms with Crippen LogP contribution in [-0.2, 0) is 10.0 Å². The first-order chi connectivity index (χ1) is 12.8. The SMILES string of the molecule is C/C(=N/NC(=O)c1cccc(S(=O)(=O)N2CCCC2)c1)c1cc(C)sc1C. The van der Waals surface area contributed by atoms with Crippen LogP contribution in [-0.4, -0.2) is 37.4 Å². The van der Waals surface area contributed by atoms with E-state index in [1.54, 1.807) is 23.5 Å². The van der Waals surface area contributed by atoms with E-state index in [0.717, 1.165) is 23.3 Å². The molecule has 0 atom stereocenters. The molecule has 1 aliphatic heterocycles. The van der Waals surface area contributed by atoms with Crippen LogP contribution in [0.25, 0.3) is 0 Å². The zero-order chi connectivity index (χ0) is 19.6. The van der Waals surface area contributed by atoms with Crippen molar-refractivity contribution in [3.8, 4) is 0 Å². The van der Waals surface area contributed by atoms with Gasteiger partial charge in [0.1, 0.15) is 0 Å². The van der Waals surface area contributed by atoms with E-state index < -0.39 is 15.9 Å². The van der Waals surface area contributed by atoms with Gasteiger partial charge in [-0.3, -0.25) is 4.79 Å². The lowest BCUT2D eigenvalue weighted by Gasteiger charge is -2.15. The Balaban J connectivity index is 1.77. The van der Waals surface area contributed by atoms with Crippen molar-refractivity contribution in [1.29, 1.82) is 0 Å². The third-order valence-electron chi connectivity index (χ3n) is 4.55. The molecule has 2 aromatic rings. The maximum absolute atomic E-state index is 12.7. The van der Waals surface area contributed by atoms with Crippen LogP contribution in [0.2, 0.25) is 0 Å². The molecule has 0 spiro atoms. The van der Waals surface area contributed by atoms with E-state index in [-0.39, 0.29) is 10.5 Å². The fourth-order valence-corrected chi connectivity index (χ4v) is 5.66. The van der Waals surface area contributed by atoms with Gasteiger partial charge in [0.25, 0.3) is 5.91 Å². The molecule has 0 unspecified atom stereocenters. The van der Waals surface area contributed by atoms with Gasteiger partial charge in [-0.05, 0) is 57.9 Å². The Morgan fingerprint density at radius 2 is 1.89 bits per heavy atom. The molecule has 144 valence electrons. The Hall–Kier alpha value is -2.03. The van der Waals surface area contributed by atoms with Crippen LogP contribution in [0, 0.1) is 13.8 Å². The monoisotopic (exact) mass is 405 g/mol. The first-order valence-corrected chi connectivity index (χ1v) is 11.1. The fourth-order valence-electron chi connectivity index (χ4n) is 3.12. The van der Waals surface area contributed by atoms with Crippen molar-refractivity contribution in [2.24, 2.45) is 5.10 Å². The van der Waals surface area contributed by atoms with Gasteiger partial charge in [-0.25, -0.2) is 13.8 Å². The van der Waals surface area contributed by atoms with Crippen molar-refractivity contribution < 1.29 is 13.2 Å². The van der Waals surface area contributed by atoms with Crippen molar-refractivity contribution >= 4 is 33.0 Å². The third kappa shape index (κ3) is 4.28. The highest BCUT2D eigenvalue weighted by atomic mass is 32.2. The van der Waals surface area contributed by atoms with Gasteiger partial charge in [0, 0.05) is 34.0 Å². The predicted octanol–water partition coefficient (Wildman–Crippen LogP) is 3.30. The predicted molar refractivity (Wildman–Crippen MR) is 108 cm³/mol. The average Bonchev–Trinajstić information content (AvgIpc) is 3.29. The molecule has 1 amide bonds. The van der Waals surface area contributed by atoms with E-state index in [1.165, 1.54) is 21.3 Å². The molecule has 0 radical (unpaired) electrons. The normalized spacial score (nSPS) is 15.9. The van der Waals surface area contributed by atoms with Crippen LogP contribution in [0.3, 0.4) is 0 Å². The Morgan fingerprint density at radius 3 is 2.52 bits per heavy atom. The van der Waals surface area contributed by atoms with Crippen molar-refractivity contribution in [1.82, 2.24) is 9.73 Å². The van der Waals surface area contributed by atoms with E-state index in [4.69, 9.17) is 0 Å². The molecule has 1 aromatic heterocycles. The minimum absolute atomic E-state index is 0.141. The number of hydrogen-bond donors (Lipinski definition) is 1. The smallest absolute Gasteiger partial charge is 0.267 e. The van der Waals surface area contributed by atoms with Crippen molar-refractivity contribution in [2.45, 2.75) is 38.5 Å². The van der Waals surface area contributed by atoms with Gasteiger partial charge in [-0.2, -0.15) is 9.41 Å². The van der Waals surface area contributed by atoms with Crippen LogP contribution >= 0.6 is 11.3 Å². The summed E-state index contributed by atoms with van der Waals surface area (Å²) in [7, 11) is -3.55. The molecule has 1 fully saturated rings. The first-order valence-electron chi connectivity index (χ1n) is 8.81. The maximum atomic E-state index is 12.7. The number of nitrogens with one attached hydrogen (secondary N) is 1. The second-order valence-electron chi connectivity index (χ2n) is 6.60. The molecule has 1 N–H and O–H groups in total. The number of thiophene rings is 1. The van der Waals surface area contributed by atoms with E-state index in [1.807, 2.05) is 26.8 Å². The van der Waals surface area contributed by atoms with Crippen molar-refractivity contribution in [3.05, 3.63) is 51.2 Å². The number of carbonyl (C=O) groups excluding carboxylic acids is 1. The minimum Gasteiger partial charge on any atom is -0.267 e. The molecular weight excluding hydrogens is 382 g/mol. The van der Waals surface area contributed by atoms with Gasteiger partial charge >= 0.3 is 0 Å². The number of aryl methyl sites for hydroxylation is 2. The minimum atomic E-state index is -3.55. The summed E-state index contributed by atoms with van der Waals surface area (Å²) in [5, 5.41) is 4.18. The summed E-state index contributed by atoms with van der Waals surface area (Å²) in [5.41, 5.74) is 4.51. The zero-order valence-corrected chi connectivity index (χ0v) is 17.3. The standard InChI is InChI=1S/C19H23N3O3S2/c1-13-11-18(15(3)26-13)14(2)20-21-19(23)16-7-6-8-17(12-16)27(24,25)22-9-4-5-10-22/h6-8,11-12H,4-5,9-10H2,1-3H3,(H,21,23)/b20-14-. The van der Waals surface area contributed by atoms with Crippen molar-refractivity contribution in [2.75, 3.05) is 13.1 Å². The molecular formula is C19H23N3O3S2. The number of hydrazone groups is 1. The molecule has 1 aliphatic rings. The summed E-state index contributed by atoms with van der Waals surface area (Å²) in [6.07, 6.45) is 1.74. The van der Waals surface area contributed by atoms with Gasteiger partial charge in [-0.15, -0.1) is 11.3 Å². The number of hydrogen-bond acceptors (Lipinski definition) is 5. The molecule has 0 bridgehead atoms. The van der Waals surface area contributed by atoms with Crippen molar-refractivity contribution in [3.63, 3.8) is 0 Å². The van der Waals surface area contributed by atoms with E-state index in [0.29, 0.717) is 18.8 Å². The van der Waals surface area contributed by atoms with Crippen LogP contribution in [0.4, 0.5) is 0 Å². The fraction of sp³-hybridized carbons (Fsp3) is 0.368. The Labute approximate surface area is 164 Å². The molecule has 0 saturated carbocycles. The van der Waals surface area contributed by atoms with Gasteiger partial charge in [0.15, 0.2) is 0 Å². The summed E-state index contributed by atoms with van der Waals surface area (Å²) < 4.78 is 26.8. The highest BCUT2D eigenvalue weighted by Crippen LogP contribution is 2.22. The zero-order valence-electron chi connectivity index (χ0n) is 15.7. The molecule has 0 aliphatic carbocycles. The topological polar surface area (TPSA) is 78.8 Å². The van der Waals surface area contributed by atoms with Gasteiger partial charge in [-0.1, -0.05) is 6.07 Å². The third-order valence-corrected chi connectivity index (χ3v) is 7.42. The number of benzene rings is 1. The Morgan fingerprint density at radius 1 is 1.19 bits per heavy atom. The average molecular weight is 406 g/mol. The van der Waals surface area contributed by atoms with Crippen LogP contribution in [0.1, 0.15) is 45.4 Å². The number of nitrogens with zero attached hydrogens (tertiary/aromatic N) is 2. The summed E-state index contributed by atoms with van der Waals surface area (Å²) in [5.74, 6) is -0.433. The summed E-state index contributed by atoms with van der Waals surface area (Å²) >= 11 is 1.68. The Bertz CT molecular complexity index is 987. The number of amides is 1. The lowest BCUT2D eigenvalue weighted by atomic mass is 10.2. The van der Waals surface area contributed by atoms with E-state index in [9.17, 15) is 13.2 Å². The lowest BCUT2D eigenvalue weighted by Crippen LogP contribution is -2.28. The van der Waals surface area contributed by atoms with E-state index >= 15 is 0 Å². The maximum Gasteiger partial charge on any atom is 0.271 e.